The van der Waals surface area contributed by atoms with E-state index >= 15 is 0 Å². The van der Waals surface area contributed by atoms with Crippen LogP contribution in [-0.4, -0.2) is 42.2 Å². The summed E-state index contributed by atoms with van der Waals surface area (Å²) in [6, 6.07) is 6.10. The molecule has 0 unspecified atom stereocenters. The topological polar surface area (TPSA) is 52.6 Å². The van der Waals surface area contributed by atoms with Gasteiger partial charge in [-0.15, -0.1) is 0 Å². The van der Waals surface area contributed by atoms with Gasteiger partial charge in [0, 0.05) is 29.3 Å². The number of anilines is 1. The quantitative estimate of drug-likeness (QED) is 0.832. The summed E-state index contributed by atoms with van der Waals surface area (Å²) in [4.78, 5) is 13.6. The fourth-order valence-electron chi connectivity index (χ4n) is 2.78. The molecule has 1 aliphatic carbocycles. The van der Waals surface area contributed by atoms with Crippen molar-refractivity contribution in [3.8, 4) is 0 Å². The highest BCUT2D eigenvalue weighted by Gasteiger charge is 2.19. The van der Waals surface area contributed by atoms with E-state index in [0.29, 0.717) is 21.8 Å². The van der Waals surface area contributed by atoms with Gasteiger partial charge in [-0.3, -0.25) is 0 Å². The second-order valence-corrected chi connectivity index (χ2v) is 6.17. The monoisotopic (exact) mass is 340 g/mol. The van der Waals surface area contributed by atoms with Gasteiger partial charge in [-0.1, -0.05) is 18.9 Å². The van der Waals surface area contributed by atoms with Crippen molar-refractivity contribution in [2.24, 2.45) is 0 Å². The minimum atomic E-state index is -0.913. The standard InChI is InChI=1S/C15H21BrN2O2/c1-18(11-5-2-3-6-11)10-9-17-13-8-4-7-12(16)14(13)15(19)20/h4,7-8,11,17H,2-3,5-6,9-10H2,1H3,(H,19,20). The number of carboxylic acid groups (broad SMARTS) is 1. The predicted molar refractivity (Wildman–Crippen MR) is 84.5 cm³/mol. The molecule has 1 aromatic carbocycles. The van der Waals surface area contributed by atoms with Gasteiger partial charge >= 0.3 is 5.97 Å². The van der Waals surface area contributed by atoms with E-state index in [-0.39, 0.29) is 0 Å². The highest BCUT2D eigenvalue weighted by Crippen LogP contribution is 2.25. The molecule has 5 heteroatoms. The Morgan fingerprint density at radius 3 is 2.80 bits per heavy atom. The van der Waals surface area contributed by atoms with Crippen molar-refractivity contribution in [3.63, 3.8) is 0 Å². The lowest BCUT2D eigenvalue weighted by atomic mass is 10.2. The zero-order valence-electron chi connectivity index (χ0n) is 11.7. The predicted octanol–water partition coefficient (Wildman–Crippen LogP) is 3.43. The first-order chi connectivity index (χ1) is 9.59. The van der Waals surface area contributed by atoms with Crippen molar-refractivity contribution >= 4 is 27.6 Å². The molecule has 20 heavy (non-hydrogen) atoms. The summed E-state index contributed by atoms with van der Waals surface area (Å²) >= 11 is 3.29. The molecule has 0 aromatic heterocycles. The van der Waals surface area contributed by atoms with Gasteiger partial charge in [0.1, 0.15) is 0 Å². The summed E-state index contributed by atoms with van der Waals surface area (Å²) in [7, 11) is 2.15. The molecular weight excluding hydrogens is 320 g/mol. The van der Waals surface area contributed by atoms with Gasteiger partial charge in [0.05, 0.1) is 5.56 Å². The average Bonchev–Trinajstić information content (AvgIpc) is 2.92. The minimum Gasteiger partial charge on any atom is -0.478 e. The number of likely N-dealkylation sites (N-methyl/N-ethyl adjacent to an activating group) is 1. The van der Waals surface area contributed by atoms with E-state index in [4.69, 9.17) is 0 Å². The number of nitrogens with one attached hydrogen (secondary N) is 1. The molecular formula is C15H21BrN2O2. The summed E-state index contributed by atoms with van der Waals surface area (Å²) in [6.45, 7) is 1.68. The molecule has 0 heterocycles. The zero-order valence-corrected chi connectivity index (χ0v) is 13.3. The van der Waals surface area contributed by atoms with Crippen molar-refractivity contribution in [2.75, 3.05) is 25.5 Å². The molecule has 2 N–H and O–H groups in total. The van der Waals surface area contributed by atoms with E-state index in [1.165, 1.54) is 25.7 Å². The summed E-state index contributed by atoms with van der Waals surface area (Å²) in [5, 5.41) is 12.5. The lowest BCUT2D eigenvalue weighted by Crippen LogP contribution is -2.33. The third kappa shape index (κ3) is 3.73. The third-order valence-electron chi connectivity index (χ3n) is 3.96. The molecule has 110 valence electrons. The number of benzene rings is 1. The average molecular weight is 341 g/mol. The van der Waals surface area contributed by atoms with Crippen LogP contribution in [0.2, 0.25) is 0 Å². The highest BCUT2D eigenvalue weighted by atomic mass is 79.9. The van der Waals surface area contributed by atoms with Crippen molar-refractivity contribution in [1.29, 1.82) is 0 Å². The molecule has 0 radical (unpaired) electrons. The molecule has 1 fully saturated rings. The van der Waals surface area contributed by atoms with Crippen molar-refractivity contribution < 1.29 is 9.90 Å². The molecule has 0 amide bonds. The fraction of sp³-hybridized carbons (Fsp3) is 0.533. The maximum atomic E-state index is 11.3. The summed E-state index contributed by atoms with van der Waals surface area (Å²) < 4.78 is 0.610. The second-order valence-electron chi connectivity index (χ2n) is 5.31. The Labute approximate surface area is 128 Å². The van der Waals surface area contributed by atoms with Crippen LogP contribution in [0.5, 0.6) is 0 Å². The van der Waals surface area contributed by atoms with Crippen molar-refractivity contribution in [2.45, 2.75) is 31.7 Å². The van der Waals surface area contributed by atoms with Crippen LogP contribution in [0.1, 0.15) is 36.0 Å². The number of rotatable bonds is 6. The second kappa shape index (κ2) is 7.09. The van der Waals surface area contributed by atoms with Gasteiger partial charge in [0.2, 0.25) is 0 Å². The van der Waals surface area contributed by atoms with Gasteiger partial charge in [0.25, 0.3) is 0 Å². The summed E-state index contributed by atoms with van der Waals surface area (Å²) in [5.41, 5.74) is 0.975. The number of halogens is 1. The molecule has 2 rings (SSSR count). The first-order valence-corrected chi connectivity index (χ1v) is 7.85. The third-order valence-corrected chi connectivity index (χ3v) is 4.62. The first kappa shape index (κ1) is 15.3. The Kier molecular flexibility index (Phi) is 5.43. The van der Waals surface area contributed by atoms with Gasteiger partial charge < -0.3 is 15.3 Å². The van der Waals surface area contributed by atoms with Gasteiger partial charge in [0.15, 0.2) is 0 Å². The van der Waals surface area contributed by atoms with E-state index in [9.17, 15) is 9.90 Å². The molecule has 0 spiro atoms. The summed E-state index contributed by atoms with van der Waals surface area (Å²) in [6.07, 6.45) is 5.23. The Hall–Kier alpha value is -1.07. The molecule has 1 saturated carbocycles. The largest absolute Gasteiger partial charge is 0.478 e. The number of carboxylic acids is 1. The Morgan fingerprint density at radius 1 is 1.45 bits per heavy atom. The molecule has 4 nitrogen and oxygen atoms in total. The number of hydrogen-bond acceptors (Lipinski definition) is 3. The van der Waals surface area contributed by atoms with Gasteiger partial charge in [-0.25, -0.2) is 4.79 Å². The van der Waals surface area contributed by atoms with Crippen LogP contribution < -0.4 is 5.32 Å². The van der Waals surface area contributed by atoms with Crippen LogP contribution in [0.25, 0.3) is 0 Å². The molecule has 0 saturated heterocycles. The molecule has 0 bridgehead atoms. The summed E-state index contributed by atoms with van der Waals surface area (Å²) in [5.74, 6) is -0.913. The van der Waals surface area contributed by atoms with Crippen LogP contribution in [-0.2, 0) is 0 Å². The highest BCUT2D eigenvalue weighted by molar-refractivity contribution is 9.10. The number of carbonyl (C=O) groups is 1. The number of aromatic carboxylic acids is 1. The first-order valence-electron chi connectivity index (χ1n) is 7.05. The Balaban J connectivity index is 1.90. The maximum Gasteiger partial charge on any atom is 0.338 e. The molecule has 0 atom stereocenters. The van der Waals surface area contributed by atoms with Gasteiger partial charge in [-0.2, -0.15) is 0 Å². The van der Waals surface area contributed by atoms with Crippen molar-refractivity contribution in [1.82, 2.24) is 4.90 Å². The van der Waals surface area contributed by atoms with E-state index < -0.39 is 5.97 Å². The SMILES string of the molecule is CN(CCNc1cccc(Br)c1C(=O)O)C1CCCC1. The zero-order chi connectivity index (χ0) is 14.5. The number of hydrogen-bond donors (Lipinski definition) is 2. The van der Waals surface area contributed by atoms with Gasteiger partial charge in [-0.05, 0) is 48.0 Å². The van der Waals surface area contributed by atoms with E-state index in [0.717, 1.165) is 13.1 Å². The van der Waals surface area contributed by atoms with E-state index in [2.05, 4.69) is 33.2 Å². The van der Waals surface area contributed by atoms with Crippen LogP contribution in [0.3, 0.4) is 0 Å². The van der Waals surface area contributed by atoms with Crippen LogP contribution in [0.15, 0.2) is 22.7 Å². The van der Waals surface area contributed by atoms with E-state index in [1.807, 2.05) is 12.1 Å². The van der Waals surface area contributed by atoms with E-state index in [1.54, 1.807) is 6.07 Å². The molecule has 0 aliphatic heterocycles. The fourth-order valence-corrected chi connectivity index (χ4v) is 3.32. The number of nitrogens with zero attached hydrogens (tertiary/aromatic N) is 1. The lowest BCUT2D eigenvalue weighted by Gasteiger charge is -2.24. The maximum absolute atomic E-state index is 11.3. The Morgan fingerprint density at radius 2 is 2.15 bits per heavy atom. The Bertz CT molecular complexity index is 473. The minimum absolute atomic E-state index is 0.302. The van der Waals surface area contributed by atoms with Crippen LogP contribution in [0, 0.1) is 0 Å². The normalized spacial score (nSPS) is 15.8. The van der Waals surface area contributed by atoms with Crippen molar-refractivity contribution in [3.05, 3.63) is 28.2 Å². The van der Waals surface area contributed by atoms with Crippen LogP contribution in [0.4, 0.5) is 5.69 Å². The lowest BCUT2D eigenvalue weighted by molar-refractivity contribution is 0.0697. The molecule has 1 aromatic rings. The smallest absolute Gasteiger partial charge is 0.338 e. The van der Waals surface area contributed by atoms with Crippen LogP contribution >= 0.6 is 15.9 Å². The molecule has 1 aliphatic rings.